The maximum Gasteiger partial charge on any atom is 0.0412 e. The second kappa shape index (κ2) is 5.54. The van der Waals surface area contributed by atoms with Gasteiger partial charge in [-0.3, -0.25) is 0 Å². The molecule has 3 rings (SSSR count). The van der Waals surface area contributed by atoms with E-state index in [-0.39, 0.29) is 0 Å². The number of rotatable bonds is 4. The number of nitrogens with one attached hydrogen (secondary N) is 1. The van der Waals surface area contributed by atoms with E-state index in [9.17, 15) is 0 Å². The molecule has 1 N–H and O–H groups in total. The van der Waals surface area contributed by atoms with Crippen LogP contribution in [0.25, 0.3) is 0 Å². The topological polar surface area (TPSA) is 15.3 Å². The van der Waals surface area contributed by atoms with E-state index in [2.05, 4.69) is 40.7 Å². The van der Waals surface area contributed by atoms with Crippen LogP contribution in [-0.4, -0.2) is 31.1 Å². The SMILES string of the molecule is CSCCN1CC(C2CC2)NCc2ccccc21. The fraction of sp³-hybridized carbons (Fsp3) is 0.600. The molecule has 1 aromatic rings. The summed E-state index contributed by atoms with van der Waals surface area (Å²) in [5.74, 6) is 2.14. The van der Waals surface area contributed by atoms with Gasteiger partial charge in [-0.15, -0.1) is 0 Å². The Bertz CT molecular complexity index is 403. The van der Waals surface area contributed by atoms with E-state index in [0.29, 0.717) is 6.04 Å². The number of nitrogens with zero attached hydrogens (tertiary/aromatic N) is 1. The van der Waals surface area contributed by atoms with E-state index < -0.39 is 0 Å². The second-order valence-corrected chi connectivity index (χ2v) is 6.38. The minimum atomic E-state index is 0.694. The first-order valence-corrected chi connectivity index (χ1v) is 8.33. The van der Waals surface area contributed by atoms with Gasteiger partial charge in [-0.2, -0.15) is 11.8 Å². The lowest BCUT2D eigenvalue weighted by Gasteiger charge is -2.27. The highest BCUT2D eigenvalue weighted by molar-refractivity contribution is 7.98. The van der Waals surface area contributed by atoms with Crippen molar-refractivity contribution in [3.63, 3.8) is 0 Å². The molecular weight excluding hydrogens is 240 g/mol. The average molecular weight is 262 g/mol. The van der Waals surface area contributed by atoms with Crippen LogP contribution in [0.5, 0.6) is 0 Å². The molecule has 18 heavy (non-hydrogen) atoms. The Morgan fingerprint density at radius 1 is 1.33 bits per heavy atom. The van der Waals surface area contributed by atoms with Crippen LogP contribution in [0.3, 0.4) is 0 Å². The zero-order valence-electron chi connectivity index (χ0n) is 11.1. The molecule has 1 aliphatic carbocycles. The fourth-order valence-electron chi connectivity index (χ4n) is 2.84. The average Bonchev–Trinajstić information content (AvgIpc) is 3.23. The number of fused-ring (bicyclic) bond motifs is 1. The molecule has 2 nitrogen and oxygen atoms in total. The van der Waals surface area contributed by atoms with Crippen molar-refractivity contribution < 1.29 is 0 Å². The zero-order chi connectivity index (χ0) is 12.4. The predicted octanol–water partition coefficient (Wildman–Crippen LogP) is 2.74. The number of hydrogen-bond acceptors (Lipinski definition) is 3. The Balaban J connectivity index is 1.81. The van der Waals surface area contributed by atoms with Gasteiger partial charge in [0, 0.05) is 37.1 Å². The fourth-order valence-corrected chi connectivity index (χ4v) is 3.24. The van der Waals surface area contributed by atoms with Crippen LogP contribution in [0.2, 0.25) is 0 Å². The monoisotopic (exact) mass is 262 g/mol. The van der Waals surface area contributed by atoms with Crippen molar-refractivity contribution in [2.24, 2.45) is 5.92 Å². The maximum atomic E-state index is 3.76. The molecule has 1 aromatic carbocycles. The third kappa shape index (κ3) is 2.67. The number of hydrogen-bond donors (Lipinski definition) is 1. The van der Waals surface area contributed by atoms with Crippen molar-refractivity contribution in [3.8, 4) is 0 Å². The third-order valence-electron chi connectivity index (χ3n) is 4.06. The van der Waals surface area contributed by atoms with Gasteiger partial charge >= 0.3 is 0 Å². The molecule has 0 aromatic heterocycles. The Hall–Kier alpha value is -0.670. The summed E-state index contributed by atoms with van der Waals surface area (Å²) < 4.78 is 0. The molecule has 1 fully saturated rings. The van der Waals surface area contributed by atoms with Gasteiger partial charge in [0.25, 0.3) is 0 Å². The van der Waals surface area contributed by atoms with E-state index in [1.807, 2.05) is 11.8 Å². The lowest BCUT2D eigenvalue weighted by molar-refractivity contribution is 0.469. The van der Waals surface area contributed by atoms with Crippen molar-refractivity contribution in [1.29, 1.82) is 0 Å². The summed E-state index contributed by atoms with van der Waals surface area (Å²) in [7, 11) is 0. The molecule has 1 atom stereocenters. The molecule has 1 aliphatic heterocycles. The number of thioether (sulfide) groups is 1. The Morgan fingerprint density at radius 3 is 2.94 bits per heavy atom. The zero-order valence-corrected chi connectivity index (χ0v) is 11.9. The summed E-state index contributed by atoms with van der Waals surface area (Å²) in [6, 6.07) is 9.57. The smallest absolute Gasteiger partial charge is 0.0412 e. The van der Waals surface area contributed by atoms with Gasteiger partial charge in [0.15, 0.2) is 0 Å². The molecule has 2 aliphatic rings. The highest BCUT2D eigenvalue weighted by Gasteiger charge is 2.33. The van der Waals surface area contributed by atoms with Gasteiger partial charge in [0.05, 0.1) is 0 Å². The van der Waals surface area contributed by atoms with Gasteiger partial charge in [-0.25, -0.2) is 0 Å². The minimum absolute atomic E-state index is 0.694. The standard InChI is InChI=1S/C15H22N2S/c1-18-9-8-17-11-14(12-6-7-12)16-10-13-4-2-3-5-15(13)17/h2-5,12,14,16H,6-11H2,1H3. The summed E-state index contributed by atoms with van der Waals surface area (Å²) in [6.45, 7) is 3.39. The lowest BCUT2D eigenvalue weighted by Crippen LogP contribution is -2.40. The van der Waals surface area contributed by atoms with Crippen LogP contribution in [0.15, 0.2) is 24.3 Å². The normalized spacial score (nSPS) is 23.6. The van der Waals surface area contributed by atoms with Crippen molar-refractivity contribution in [2.45, 2.75) is 25.4 Å². The molecular formula is C15H22N2S. The van der Waals surface area contributed by atoms with E-state index in [1.165, 1.54) is 42.9 Å². The summed E-state index contributed by atoms with van der Waals surface area (Å²) >= 11 is 1.94. The van der Waals surface area contributed by atoms with Crippen LogP contribution >= 0.6 is 11.8 Å². The van der Waals surface area contributed by atoms with E-state index in [1.54, 1.807) is 0 Å². The van der Waals surface area contributed by atoms with Gasteiger partial charge in [-0.1, -0.05) is 18.2 Å². The van der Waals surface area contributed by atoms with Crippen LogP contribution in [0.1, 0.15) is 18.4 Å². The number of anilines is 1. The summed E-state index contributed by atoms with van der Waals surface area (Å²) in [5, 5.41) is 3.76. The minimum Gasteiger partial charge on any atom is -0.369 e. The third-order valence-corrected chi connectivity index (χ3v) is 4.65. The molecule has 98 valence electrons. The largest absolute Gasteiger partial charge is 0.369 e. The van der Waals surface area contributed by atoms with Crippen LogP contribution in [0, 0.1) is 5.92 Å². The van der Waals surface area contributed by atoms with Crippen molar-refractivity contribution in [3.05, 3.63) is 29.8 Å². The summed E-state index contributed by atoms with van der Waals surface area (Å²) in [6.07, 6.45) is 5.04. The second-order valence-electron chi connectivity index (χ2n) is 5.39. The summed E-state index contributed by atoms with van der Waals surface area (Å²) in [5.41, 5.74) is 2.91. The summed E-state index contributed by atoms with van der Waals surface area (Å²) in [4.78, 5) is 2.59. The first kappa shape index (κ1) is 12.4. The number of para-hydroxylation sites is 1. The van der Waals surface area contributed by atoms with Crippen molar-refractivity contribution in [1.82, 2.24) is 5.32 Å². The van der Waals surface area contributed by atoms with Gasteiger partial charge in [-0.05, 0) is 36.6 Å². The maximum absolute atomic E-state index is 3.76. The van der Waals surface area contributed by atoms with Crippen LogP contribution in [0.4, 0.5) is 5.69 Å². The molecule has 0 amide bonds. The van der Waals surface area contributed by atoms with E-state index in [0.717, 1.165) is 12.5 Å². The Labute approximate surface area is 114 Å². The molecule has 0 saturated heterocycles. The van der Waals surface area contributed by atoms with Crippen LogP contribution in [-0.2, 0) is 6.54 Å². The molecule has 1 unspecified atom stereocenters. The Kier molecular flexibility index (Phi) is 3.80. The first-order chi connectivity index (χ1) is 8.88. The highest BCUT2D eigenvalue weighted by Crippen LogP contribution is 2.35. The number of benzene rings is 1. The van der Waals surface area contributed by atoms with Gasteiger partial charge < -0.3 is 10.2 Å². The van der Waals surface area contributed by atoms with Crippen molar-refractivity contribution in [2.75, 3.05) is 30.0 Å². The predicted molar refractivity (Wildman–Crippen MR) is 80.4 cm³/mol. The lowest BCUT2D eigenvalue weighted by atomic mass is 10.1. The quantitative estimate of drug-likeness (QED) is 0.898. The Morgan fingerprint density at radius 2 is 2.17 bits per heavy atom. The molecule has 1 saturated carbocycles. The van der Waals surface area contributed by atoms with Crippen molar-refractivity contribution >= 4 is 17.4 Å². The van der Waals surface area contributed by atoms with E-state index in [4.69, 9.17) is 0 Å². The van der Waals surface area contributed by atoms with Gasteiger partial charge in [0.2, 0.25) is 0 Å². The molecule has 0 radical (unpaired) electrons. The molecule has 0 bridgehead atoms. The molecule has 0 spiro atoms. The molecule has 3 heteroatoms. The van der Waals surface area contributed by atoms with Crippen LogP contribution < -0.4 is 10.2 Å². The molecule has 1 heterocycles. The highest BCUT2D eigenvalue weighted by atomic mass is 32.2. The first-order valence-electron chi connectivity index (χ1n) is 6.93. The van der Waals surface area contributed by atoms with Gasteiger partial charge in [0.1, 0.15) is 0 Å². The van der Waals surface area contributed by atoms with E-state index >= 15 is 0 Å².